The van der Waals surface area contributed by atoms with E-state index in [4.69, 9.17) is 9.47 Å². The fourth-order valence-corrected chi connectivity index (χ4v) is 1.35. The lowest BCUT2D eigenvalue weighted by atomic mass is 10.1. The van der Waals surface area contributed by atoms with Crippen LogP contribution in [0.4, 0.5) is 0 Å². The maximum atomic E-state index is 11.2. The Kier molecular flexibility index (Phi) is 2.48. The molecule has 1 aromatic rings. The van der Waals surface area contributed by atoms with E-state index in [0.29, 0.717) is 17.1 Å². The summed E-state index contributed by atoms with van der Waals surface area (Å²) in [6.07, 6.45) is 0.268. The Morgan fingerprint density at radius 3 is 2.94 bits per heavy atom. The van der Waals surface area contributed by atoms with Gasteiger partial charge >= 0.3 is 11.9 Å². The summed E-state index contributed by atoms with van der Waals surface area (Å²) in [6.45, 7) is 5.04. The molecule has 0 saturated carbocycles. The van der Waals surface area contributed by atoms with Gasteiger partial charge in [-0.15, -0.1) is 0 Å². The minimum Gasteiger partial charge on any atom is -0.426 e. The Morgan fingerprint density at radius 2 is 2.25 bits per heavy atom. The van der Waals surface area contributed by atoms with E-state index in [0.717, 1.165) is 5.56 Å². The first-order valence-corrected chi connectivity index (χ1v) is 4.77. The summed E-state index contributed by atoms with van der Waals surface area (Å²) >= 11 is 0. The van der Waals surface area contributed by atoms with Crippen molar-refractivity contribution in [3.05, 3.63) is 35.9 Å². The second kappa shape index (κ2) is 3.81. The van der Waals surface area contributed by atoms with E-state index in [2.05, 4.69) is 6.58 Å². The minimum atomic E-state index is -0.496. The van der Waals surface area contributed by atoms with Crippen LogP contribution < -0.4 is 9.47 Å². The molecule has 0 radical (unpaired) electrons. The summed E-state index contributed by atoms with van der Waals surface area (Å²) < 4.78 is 9.94. The predicted molar refractivity (Wildman–Crippen MR) is 56.2 cm³/mol. The van der Waals surface area contributed by atoms with Crippen LogP contribution in [0.15, 0.2) is 30.4 Å². The molecule has 0 aromatic heterocycles. The van der Waals surface area contributed by atoms with Crippen LogP contribution >= 0.6 is 0 Å². The number of esters is 2. The number of carbonyl (C=O) groups is 2. The number of fused-ring (bicyclic) bond motifs is 1. The molecule has 4 nitrogen and oxygen atoms in total. The average molecular weight is 218 g/mol. The highest BCUT2D eigenvalue weighted by molar-refractivity contribution is 5.89. The van der Waals surface area contributed by atoms with Crippen molar-refractivity contribution in [1.29, 1.82) is 0 Å². The first-order valence-electron chi connectivity index (χ1n) is 4.77. The van der Waals surface area contributed by atoms with E-state index in [1.165, 1.54) is 6.07 Å². The first-order chi connectivity index (χ1) is 7.56. The smallest absolute Gasteiger partial charge is 0.338 e. The minimum absolute atomic E-state index is 0.268. The van der Waals surface area contributed by atoms with Crippen molar-refractivity contribution in [1.82, 2.24) is 0 Å². The molecule has 0 unspecified atom stereocenters. The van der Waals surface area contributed by atoms with E-state index in [1.807, 2.05) is 0 Å². The first kappa shape index (κ1) is 10.4. The quantitative estimate of drug-likeness (QED) is 0.430. The Labute approximate surface area is 92.5 Å². The molecule has 0 fully saturated rings. The topological polar surface area (TPSA) is 52.6 Å². The summed E-state index contributed by atoms with van der Waals surface area (Å²) in [5.41, 5.74) is 1.12. The third-order valence-corrected chi connectivity index (χ3v) is 2.16. The summed E-state index contributed by atoms with van der Waals surface area (Å²) in [4.78, 5) is 22.2. The summed E-state index contributed by atoms with van der Waals surface area (Å²) in [7, 11) is 0. The fraction of sp³-hybridized carbons (Fsp3) is 0.167. The lowest BCUT2D eigenvalue weighted by Crippen LogP contribution is -2.08. The van der Waals surface area contributed by atoms with Gasteiger partial charge in [0, 0.05) is 17.2 Å². The number of hydrogen-bond acceptors (Lipinski definition) is 4. The predicted octanol–water partition coefficient (Wildman–Crippen LogP) is 1.63. The standard InChI is InChI=1S/C12H10O4/c1-7(2)12(14)15-9-4-3-8-5-11(13)16-10(8)6-9/h3-4,6H,1,5H2,2H3. The monoisotopic (exact) mass is 218 g/mol. The number of benzene rings is 1. The highest BCUT2D eigenvalue weighted by atomic mass is 16.5. The molecule has 1 aliphatic rings. The largest absolute Gasteiger partial charge is 0.426 e. The van der Waals surface area contributed by atoms with Crippen LogP contribution in [0.3, 0.4) is 0 Å². The molecule has 0 bridgehead atoms. The van der Waals surface area contributed by atoms with Crippen LogP contribution in [0.2, 0.25) is 0 Å². The zero-order valence-electron chi connectivity index (χ0n) is 8.78. The van der Waals surface area contributed by atoms with E-state index in [9.17, 15) is 9.59 Å². The molecule has 1 aromatic carbocycles. The molecular weight excluding hydrogens is 208 g/mol. The van der Waals surface area contributed by atoms with E-state index >= 15 is 0 Å². The molecule has 1 heterocycles. The van der Waals surface area contributed by atoms with Crippen LogP contribution in [0, 0.1) is 0 Å². The summed E-state index contributed by atoms with van der Waals surface area (Å²) in [5.74, 6) is 0.0149. The van der Waals surface area contributed by atoms with Crippen molar-refractivity contribution >= 4 is 11.9 Å². The van der Waals surface area contributed by atoms with Crippen LogP contribution in [0.5, 0.6) is 11.5 Å². The molecule has 82 valence electrons. The second-order valence-corrected chi connectivity index (χ2v) is 3.59. The van der Waals surface area contributed by atoms with Crippen molar-refractivity contribution in [3.63, 3.8) is 0 Å². The van der Waals surface area contributed by atoms with E-state index in [-0.39, 0.29) is 12.4 Å². The van der Waals surface area contributed by atoms with Gasteiger partial charge in [-0.1, -0.05) is 12.6 Å². The highest BCUT2D eigenvalue weighted by Crippen LogP contribution is 2.30. The zero-order valence-corrected chi connectivity index (χ0v) is 8.78. The number of rotatable bonds is 2. The second-order valence-electron chi connectivity index (χ2n) is 3.59. The van der Waals surface area contributed by atoms with Gasteiger partial charge in [0.15, 0.2) is 0 Å². The van der Waals surface area contributed by atoms with Gasteiger partial charge < -0.3 is 9.47 Å². The molecule has 0 spiro atoms. The van der Waals surface area contributed by atoms with Gasteiger partial charge in [-0.2, -0.15) is 0 Å². The Bertz CT molecular complexity index is 488. The third kappa shape index (κ3) is 1.95. The number of ether oxygens (including phenoxy) is 2. The Balaban J connectivity index is 2.20. The molecule has 0 saturated heterocycles. The maximum absolute atomic E-state index is 11.2. The lowest BCUT2D eigenvalue weighted by molar-refractivity contribution is -0.132. The average Bonchev–Trinajstić information content (AvgIpc) is 2.57. The van der Waals surface area contributed by atoms with E-state index < -0.39 is 5.97 Å². The Morgan fingerprint density at radius 1 is 1.50 bits per heavy atom. The molecule has 1 aliphatic heterocycles. The lowest BCUT2D eigenvalue weighted by Gasteiger charge is -2.04. The van der Waals surface area contributed by atoms with Crippen molar-refractivity contribution < 1.29 is 19.1 Å². The normalized spacial score (nSPS) is 12.9. The molecule has 0 N–H and O–H groups in total. The van der Waals surface area contributed by atoms with Gasteiger partial charge in [0.2, 0.25) is 0 Å². The van der Waals surface area contributed by atoms with Gasteiger partial charge in [0.25, 0.3) is 0 Å². The molecule has 16 heavy (non-hydrogen) atoms. The van der Waals surface area contributed by atoms with Crippen LogP contribution in [0.25, 0.3) is 0 Å². The van der Waals surface area contributed by atoms with Crippen molar-refractivity contribution in [2.45, 2.75) is 13.3 Å². The molecule has 0 atom stereocenters. The van der Waals surface area contributed by atoms with Gasteiger partial charge in [0.1, 0.15) is 11.5 Å². The van der Waals surface area contributed by atoms with Gasteiger partial charge in [-0.3, -0.25) is 4.79 Å². The molecule has 0 aliphatic carbocycles. The van der Waals surface area contributed by atoms with Crippen molar-refractivity contribution in [2.75, 3.05) is 0 Å². The van der Waals surface area contributed by atoms with Crippen molar-refractivity contribution in [2.24, 2.45) is 0 Å². The Hall–Kier alpha value is -2.10. The van der Waals surface area contributed by atoms with Gasteiger partial charge in [-0.05, 0) is 13.0 Å². The molecular formula is C12H10O4. The number of carbonyl (C=O) groups excluding carboxylic acids is 2. The maximum Gasteiger partial charge on any atom is 0.338 e. The van der Waals surface area contributed by atoms with Gasteiger partial charge in [0.05, 0.1) is 6.42 Å². The van der Waals surface area contributed by atoms with E-state index in [1.54, 1.807) is 19.1 Å². The highest BCUT2D eigenvalue weighted by Gasteiger charge is 2.21. The fourth-order valence-electron chi connectivity index (χ4n) is 1.35. The zero-order chi connectivity index (χ0) is 11.7. The van der Waals surface area contributed by atoms with Crippen LogP contribution in [-0.2, 0) is 16.0 Å². The SMILES string of the molecule is C=C(C)C(=O)Oc1ccc2c(c1)OC(=O)C2. The number of hydrogen-bond donors (Lipinski definition) is 0. The molecule has 2 rings (SSSR count). The third-order valence-electron chi connectivity index (χ3n) is 2.16. The molecule has 0 amide bonds. The van der Waals surface area contributed by atoms with Crippen LogP contribution in [-0.4, -0.2) is 11.9 Å². The van der Waals surface area contributed by atoms with Gasteiger partial charge in [-0.25, -0.2) is 4.79 Å². The molecule has 4 heteroatoms. The summed E-state index contributed by atoms with van der Waals surface area (Å²) in [5, 5.41) is 0. The summed E-state index contributed by atoms with van der Waals surface area (Å²) in [6, 6.07) is 4.87. The van der Waals surface area contributed by atoms with Crippen LogP contribution in [0.1, 0.15) is 12.5 Å². The van der Waals surface area contributed by atoms with Crippen molar-refractivity contribution in [3.8, 4) is 11.5 Å².